The van der Waals surface area contributed by atoms with Gasteiger partial charge in [0.05, 0.1) is 5.56 Å². The van der Waals surface area contributed by atoms with Gasteiger partial charge in [0.2, 0.25) is 0 Å². The van der Waals surface area contributed by atoms with Crippen LogP contribution in [0, 0.1) is 0 Å². The van der Waals surface area contributed by atoms with Crippen molar-refractivity contribution in [1.29, 1.82) is 0 Å². The minimum absolute atomic E-state index is 0.0453. The number of carbonyl (C=O) groups excluding carboxylic acids is 2. The Morgan fingerprint density at radius 3 is 2.14 bits per heavy atom. The summed E-state index contributed by atoms with van der Waals surface area (Å²) in [7, 11) is 0. The van der Waals surface area contributed by atoms with Crippen molar-refractivity contribution in [3.8, 4) is 5.75 Å². The molecule has 3 aromatic rings. The third kappa shape index (κ3) is 2.54. The quantitative estimate of drug-likeness (QED) is 0.579. The molecule has 0 aromatic heterocycles. The molecule has 4 nitrogen and oxygen atoms in total. The fraction of sp³-hybridized carbons (Fsp3) is 0. The summed E-state index contributed by atoms with van der Waals surface area (Å²) in [5.41, 5.74) is 0.262. The summed E-state index contributed by atoms with van der Waals surface area (Å²) in [4.78, 5) is 24.2. The lowest BCUT2D eigenvalue weighted by molar-refractivity contribution is 0.0397. The molecule has 0 heterocycles. The molecule has 22 heavy (non-hydrogen) atoms. The van der Waals surface area contributed by atoms with Gasteiger partial charge < -0.3 is 9.84 Å². The third-order valence-electron chi connectivity index (χ3n) is 3.32. The summed E-state index contributed by atoms with van der Waals surface area (Å²) >= 11 is 0. The maximum Gasteiger partial charge on any atom is 0.349 e. The average Bonchev–Trinajstić information content (AvgIpc) is 2.54. The molecule has 0 aliphatic rings. The van der Waals surface area contributed by atoms with E-state index in [4.69, 9.17) is 4.74 Å². The Bertz CT molecular complexity index is 862. The van der Waals surface area contributed by atoms with Crippen LogP contribution in [0.5, 0.6) is 5.75 Å². The van der Waals surface area contributed by atoms with Crippen molar-refractivity contribution in [2.24, 2.45) is 0 Å². The summed E-state index contributed by atoms with van der Waals surface area (Å²) in [6.07, 6.45) is 0. The van der Waals surface area contributed by atoms with E-state index < -0.39 is 11.9 Å². The van der Waals surface area contributed by atoms with Crippen molar-refractivity contribution in [3.05, 3.63) is 77.9 Å². The lowest BCUT2D eigenvalue weighted by Gasteiger charge is -2.07. The summed E-state index contributed by atoms with van der Waals surface area (Å²) in [5.74, 6) is -1.85. The van der Waals surface area contributed by atoms with Gasteiger partial charge in [-0.25, -0.2) is 9.59 Å². The van der Waals surface area contributed by atoms with Crippen LogP contribution in [0.4, 0.5) is 0 Å². The van der Waals surface area contributed by atoms with Gasteiger partial charge in [0.25, 0.3) is 0 Å². The number of aromatic hydroxyl groups is 1. The zero-order chi connectivity index (χ0) is 15.5. The van der Waals surface area contributed by atoms with Crippen LogP contribution in [0.25, 0.3) is 10.8 Å². The van der Waals surface area contributed by atoms with E-state index in [-0.39, 0.29) is 11.3 Å². The monoisotopic (exact) mass is 292 g/mol. The zero-order valence-electron chi connectivity index (χ0n) is 11.5. The smallest absolute Gasteiger partial charge is 0.349 e. The molecule has 0 amide bonds. The second-order valence-electron chi connectivity index (χ2n) is 4.72. The summed E-state index contributed by atoms with van der Waals surface area (Å²) in [5, 5.41) is 11.2. The molecule has 0 saturated heterocycles. The van der Waals surface area contributed by atoms with Crippen LogP contribution in [-0.4, -0.2) is 17.0 Å². The van der Waals surface area contributed by atoms with E-state index in [2.05, 4.69) is 0 Å². The molecule has 0 spiro atoms. The van der Waals surface area contributed by atoms with E-state index in [1.54, 1.807) is 30.3 Å². The number of phenolic OH excluding ortho intramolecular Hbond substituents is 1. The molecule has 4 heteroatoms. The lowest BCUT2D eigenvalue weighted by atomic mass is 10.0. The summed E-state index contributed by atoms with van der Waals surface area (Å²) in [6.45, 7) is 0. The molecular formula is C18H12O4. The van der Waals surface area contributed by atoms with Gasteiger partial charge in [-0.05, 0) is 29.0 Å². The Hall–Kier alpha value is -3.14. The number of hydrogen-bond donors (Lipinski definition) is 1. The van der Waals surface area contributed by atoms with Gasteiger partial charge in [0.15, 0.2) is 0 Å². The fourth-order valence-corrected chi connectivity index (χ4v) is 2.24. The van der Waals surface area contributed by atoms with Crippen molar-refractivity contribution < 1.29 is 19.4 Å². The number of para-hydroxylation sites is 1. The highest BCUT2D eigenvalue weighted by atomic mass is 16.6. The molecule has 0 aliphatic heterocycles. The standard InChI is InChI=1S/C18H12O4/c19-16-11-4-3-9-15(16)18(21)22-17(20)14-10-5-7-12-6-1-2-8-13(12)14/h1-11,19H. The van der Waals surface area contributed by atoms with Gasteiger partial charge in [-0.2, -0.15) is 0 Å². The normalized spacial score (nSPS) is 10.4. The van der Waals surface area contributed by atoms with Crippen molar-refractivity contribution in [1.82, 2.24) is 0 Å². The van der Waals surface area contributed by atoms with Crippen LogP contribution in [0.2, 0.25) is 0 Å². The summed E-state index contributed by atoms with van der Waals surface area (Å²) in [6, 6.07) is 18.5. The Morgan fingerprint density at radius 2 is 1.32 bits per heavy atom. The third-order valence-corrected chi connectivity index (χ3v) is 3.32. The van der Waals surface area contributed by atoms with Crippen molar-refractivity contribution >= 4 is 22.7 Å². The van der Waals surface area contributed by atoms with E-state index in [1.807, 2.05) is 24.3 Å². The fourth-order valence-electron chi connectivity index (χ4n) is 2.24. The van der Waals surface area contributed by atoms with Crippen LogP contribution < -0.4 is 0 Å². The maximum absolute atomic E-state index is 12.2. The van der Waals surface area contributed by atoms with Crippen LogP contribution in [0.1, 0.15) is 20.7 Å². The van der Waals surface area contributed by atoms with Crippen molar-refractivity contribution in [2.45, 2.75) is 0 Å². The van der Waals surface area contributed by atoms with Crippen molar-refractivity contribution in [3.63, 3.8) is 0 Å². The number of phenols is 1. The van der Waals surface area contributed by atoms with E-state index in [1.165, 1.54) is 12.1 Å². The second kappa shape index (κ2) is 5.69. The molecule has 0 fully saturated rings. The first-order chi connectivity index (χ1) is 10.7. The largest absolute Gasteiger partial charge is 0.507 e. The van der Waals surface area contributed by atoms with E-state index in [9.17, 15) is 14.7 Å². The lowest BCUT2D eigenvalue weighted by Crippen LogP contribution is -2.13. The van der Waals surface area contributed by atoms with Gasteiger partial charge in [-0.1, -0.05) is 48.5 Å². The topological polar surface area (TPSA) is 63.6 Å². The number of rotatable bonds is 2. The zero-order valence-corrected chi connectivity index (χ0v) is 11.5. The minimum Gasteiger partial charge on any atom is -0.507 e. The number of ether oxygens (including phenoxy) is 1. The molecular weight excluding hydrogens is 280 g/mol. The molecule has 0 bridgehead atoms. The van der Waals surface area contributed by atoms with E-state index in [0.717, 1.165) is 5.39 Å². The Kier molecular flexibility index (Phi) is 3.58. The maximum atomic E-state index is 12.2. The highest BCUT2D eigenvalue weighted by Gasteiger charge is 2.19. The van der Waals surface area contributed by atoms with E-state index >= 15 is 0 Å². The highest BCUT2D eigenvalue weighted by Crippen LogP contribution is 2.21. The molecule has 3 aromatic carbocycles. The molecule has 0 unspecified atom stereocenters. The molecule has 0 saturated carbocycles. The average molecular weight is 292 g/mol. The van der Waals surface area contributed by atoms with Gasteiger partial charge in [-0.3, -0.25) is 0 Å². The molecule has 0 radical (unpaired) electrons. The first kappa shape index (κ1) is 13.8. The molecule has 3 rings (SSSR count). The second-order valence-corrected chi connectivity index (χ2v) is 4.72. The van der Waals surface area contributed by atoms with Gasteiger partial charge in [0, 0.05) is 0 Å². The van der Waals surface area contributed by atoms with Crippen LogP contribution in [0.15, 0.2) is 66.7 Å². The van der Waals surface area contributed by atoms with Gasteiger partial charge in [-0.15, -0.1) is 0 Å². The number of carbonyl (C=O) groups is 2. The number of hydrogen-bond acceptors (Lipinski definition) is 4. The molecule has 108 valence electrons. The highest BCUT2D eigenvalue weighted by molar-refractivity contribution is 6.10. The number of esters is 2. The SMILES string of the molecule is O=C(OC(=O)c1cccc2ccccc12)c1ccccc1O. The Balaban J connectivity index is 1.91. The molecule has 0 aliphatic carbocycles. The van der Waals surface area contributed by atoms with Crippen molar-refractivity contribution in [2.75, 3.05) is 0 Å². The van der Waals surface area contributed by atoms with E-state index in [0.29, 0.717) is 10.9 Å². The number of benzene rings is 3. The van der Waals surface area contributed by atoms with Gasteiger partial charge in [0.1, 0.15) is 11.3 Å². The Labute approximate surface area is 126 Å². The van der Waals surface area contributed by atoms with Crippen LogP contribution >= 0.6 is 0 Å². The first-order valence-electron chi connectivity index (χ1n) is 6.69. The summed E-state index contributed by atoms with van der Waals surface area (Å²) < 4.78 is 4.87. The number of fused-ring (bicyclic) bond motifs is 1. The minimum atomic E-state index is -0.879. The molecule has 0 atom stereocenters. The Morgan fingerprint density at radius 1 is 0.727 bits per heavy atom. The van der Waals surface area contributed by atoms with Crippen LogP contribution in [0.3, 0.4) is 0 Å². The van der Waals surface area contributed by atoms with Crippen LogP contribution in [-0.2, 0) is 4.74 Å². The van der Waals surface area contributed by atoms with Gasteiger partial charge >= 0.3 is 11.9 Å². The predicted octanol–water partition coefficient (Wildman–Crippen LogP) is 3.54. The first-order valence-corrected chi connectivity index (χ1v) is 6.69. The predicted molar refractivity (Wildman–Crippen MR) is 81.8 cm³/mol. The molecule has 1 N–H and O–H groups in total.